The molecular formula is C17H12N2O2. The van der Waals surface area contributed by atoms with E-state index in [0.29, 0.717) is 23.4 Å². The van der Waals surface area contributed by atoms with Crippen molar-refractivity contribution in [2.75, 3.05) is 5.73 Å². The molecular weight excluding hydrogens is 264 g/mol. The summed E-state index contributed by atoms with van der Waals surface area (Å²) in [5.41, 5.74) is 10.9. The van der Waals surface area contributed by atoms with E-state index in [2.05, 4.69) is 5.32 Å². The van der Waals surface area contributed by atoms with Gasteiger partial charge in [-0.1, -0.05) is 30.3 Å². The van der Waals surface area contributed by atoms with Crippen LogP contribution in [-0.2, 0) is 11.3 Å². The normalized spacial score (nSPS) is 15.5. The molecule has 0 radical (unpaired) electrons. The van der Waals surface area contributed by atoms with Crippen LogP contribution in [0.3, 0.4) is 0 Å². The average Bonchev–Trinajstić information content (AvgIpc) is 2.66. The van der Waals surface area contributed by atoms with E-state index < -0.39 is 0 Å². The van der Waals surface area contributed by atoms with E-state index in [1.807, 2.05) is 24.3 Å². The third-order valence-corrected chi connectivity index (χ3v) is 4.01. The van der Waals surface area contributed by atoms with Crippen LogP contribution in [0, 0.1) is 0 Å². The second-order valence-corrected chi connectivity index (χ2v) is 5.21. The zero-order chi connectivity index (χ0) is 14.6. The number of ketones is 1. The Hall–Kier alpha value is -2.88. The molecule has 1 aliphatic carbocycles. The Labute approximate surface area is 121 Å². The molecule has 102 valence electrons. The van der Waals surface area contributed by atoms with Crippen LogP contribution in [0.2, 0.25) is 0 Å². The van der Waals surface area contributed by atoms with Crippen LogP contribution in [0.25, 0.3) is 5.57 Å². The quantitative estimate of drug-likeness (QED) is 0.616. The fourth-order valence-corrected chi connectivity index (χ4v) is 3.06. The number of amides is 1. The molecule has 1 aliphatic heterocycles. The Kier molecular flexibility index (Phi) is 2.30. The number of carbonyl (C=O) groups excluding carboxylic acids is 2. The van der Waals surface area contributed by atoms with Gasteiger partial charge in [0.05, 0.1) is 5.56 Å². The Morgan fingerprint density at radius 1 is 0.952 bits per heavy atom. The molecule has 1 amide bonds. The van der Waals surface area contributed by atoms with Gasteiger partial charge < -0.3 is 11.1 Å². The van der Waals surface area contributed by atoms with Crippen LogP contribution in [0.15, 0.2) is 42.5 Å². The maximum atomic E-state index is 12.7. The van der Waals surface area contributed by atoms with Crippen molar-refractivity contribution in [3.05, 3.63) is 70.3 Å². The van der Waals surface area contributed by atoms with Gasteiger partial charge in [-0.2, -0.15) is 0 Å². The van der Waals surface area contributed by atoms with Gasteiger partial charge in [-0.25, -0.2) is 0 Å². The highest BCUT2D eigenvalue weighted by molar-refractivity contribution is 6.23. The van der Waals surface area contributed by atoms with Crippen molar-refractivity contribution in [1.29, 1.82) is 0 Å². The van der Waals surface area contributed by atoms with Crippen LogP contribution in [-0.4, -0.2) is 11.7 Å². The van der Waals surface area contributed by atoms with E-state index in [4.69, 9.17) is 5.73 Å². The lowest BCUT2D eigenvalue weighted by molar-refractivity contribution is -0.116. The first-order chi connectivity index (χ1) is 10.2. The molecule has 4 heteroatoms. The van der Waals surface area contributed by atoms with E-state index in [1.165, 1.54) is 0 Å². The number of nitrogens with two attached hydrogens (primary N) is 1. The maximum Gasteiger partial charge on any atom is 0.244 e. The number of rotatable bonds is 0. The highest BCUT2D eigenvalue weighted by Crippen LogP contribution is 2.40. The SMILES string of the molecule is Nc1ccc2c3c1C(=O)c1ccccc1C3=CC(=O)NC2. The lowest BCUT2D eigenvalue weighted by atomic mass is 9.78. The van der Waals surface area contributed by atoms with E-state index in [1.54, 1.807) is 18.2 Å². The lowest BCUT2D eigenvalue weighted by Gasteiger charge is -2.24. The summed E-state index contributed by atoms with van der Waals surface area (Å²) >= 11 is 0. The molecule has 2 aliphatic rings. The minimum atomic E-state index is -0.158. The summed E-state index contributed by atoms with van der Waals surface area (Å²) in [5, 5.41) is 2.82. The zero-order valence-electron chi connectivity index (χ0n) is 11.1. The Balaban J connectivity index is 2.16. The largest absolute Gasteiger partial charge is 0.398 e. The van der Waals surface area contributed by atoms with Gasteiger partial charge in [0.25, 0.3) is 0 Å². The molecule has 0 saturated heterocycles. The van der Waals surface area contributed by atoms with Crippen LogP contribution < -0.4 is 11.1 Å². The van der Waals surface area contributed by atoms with Gasteiger partial charge in [-0.15, -0.1) is 0 Å². The minimum Gasteiger partial charge on any atom is -0.398 e. The molecule has 0 aromatic heterocycles. The number of benzene rings is 2. The van der Waals surface area contributed by atoms with E-state index in [9.17, 15) is 9.59 Å². The number of hydrogen-bond acceptors (Lipinski definition) is 3. The molecule has 3 N–H and O–H groups in total. The molecule has 21 heavy (non-hydrogen) atoms. The smallest absolute Gasteiger partial charge is 0.244 e. The number of fused-ring (bicyclic) bond motifs is 2. The molecule has 0 unspecified atom stereocenters. The summed E-state index contributed by atoms with van der Waals surface area (Å²) < 4.78 is 0. The van der Waals surface area contributed by atoms with Crippen molar-refractivity contribution < 1.29 is 9.59 Å². The summed E-state index contributed by atoms with van der Waals surface area (Å²) in [7, 11) is 0. The highest BCUT2D eigenvalue weighted by atomic mass is 16.1. The van der Waals surface area contributed by atoms with E-state index in [0.717, 1.165) is 22.3 Å². The molecule has 0 atom stereocenters. The van der Waals surface area contributed by atoms with Crippen molar-refractivity contribution in [2.45, 2.75) is 6.54 Å². The predicted octanol–water partition coefficient (Wildman–Crippen LogP) is 1.87. The second kappa shape index (κ2) is 4.06. The maximum absolute atomic E-state index is 12.7. The number of anilines is 1. The minimum absolute atomic E-state index is 0.0774. The van der Waals surface area contributed by atoms with Gasteiger partial charge in [-0.3, -0.25) is 9.59 Å². The number of nitrogens with one attached hydrogen (secondary N) is 1. The summed E-state index contributed by atoms with van der Waals surface area (Å²) in [6, 6.07) is 10.9. The fraction of sp³-hybridized carbons (Fsp3) is 0.0588. The first kappa shape index (κ1) is 11.9. The Bertz CT molecular complexity index is 850. The third kappa shape index (κ3) is 1.56. The molecule has 2 aromatic carbocycles. The van der Waals surface area contributed by atoms with Gasteiger partial charge in [0, 0.05) is 29.4 Å². The zero-order valence-corrected chi connectivity index (χ0v) is 11.1. The van der Waals surface area contributed by atoms with Crippen LogP contribution >= 0.6 is 0 Å². The molecule has 0 bridgehead atoms. The summed E-state index contributed by atoms with van der Waals surface area (Å²) in [5.74, 6) is -0.235. The average molecular weight is 276 g/mol. The molecule has 0 spiro atoms. The monoisotopic (exact) mass is 276 g/mol. The van der Waals surface area contributed by atoms with Gasteiger partial charge in [0.1, 0.15) is 0 Å². The second-order valence-electron chi connectivity index (χ2n) is 5.21. The fourth-order valence-electron chi connectivity index (χ4n) is 3.06. The number of hydrogen-bond donors (Lipinski definition) is 2. The molecule has 0 saturated carbocycles. The van der Waals surface area contributed by atoms with Crippen molar-refractivity contribution >= 4 is 23.0 Å². The molecule has 2 aromatic rings. The molecule has 4 rings (SSSR count). The van der Waals surface area contributed by atoms with Crippen molar-refractivity contribution in [3.8, 4) is 0 Å². The lowest BCUT2D eigenvalue weighted by Crippen LogP contribution is -2.19. The summed E-state index contributed by atoms with van der Waals surface area (Å²) in [6.45, 7) is 0.400. The van der Waals surface area contributed by atoms with Crippen molar-refractivity contribution in [1.82, 2.24) is 5.32 Å². The number of nitrogen functional groups attached to an aromatic ring is 1. The topological polar surface area (TPSA) is 72.2 Å². The van der Waals surface area contributed by atoms with E-state index in [-0.39, 0.29) is 11.7 Å². The highest BCUT2D eigenvalue weighted by Gasteiger charge is 2.32. The van der Waals surface area contributed by atoms with Crippen LogP contribution in [0.4, 0.5) is 5.69 Å². The van der Waals surface area contributed by atoms with Gasteiger partial charge in [0.2, 0.25) is 5.91 Å². The Morgan fingerprint density at radius 3 is 2.52 bits per heavy atom. The van der Waals surface area contributed by atoms with Crippen LogP contribution in [0.5, 0.6) is 0 Å². The van der Waals surface area contributed by atoms with Crippen LogP contribution in [0.1, 0.15) is 32.6 Å². The number of carbonyl (C=O) groups is 2. The first-order valence-corrected chi connectivity index (χ1v) is 6.72. The third-order valence-electron chi connectivity index (χ3n) is 4.01. The Morgan fingerprint density at radius 2 is 1.71 bits per heavy atom. The van der Waals surface area contributed by atoms with Gasteiger partial charge in [-0.05, 0) is 22.8 Å². The molecule has 1 heterocycles. The predicted molar refractivity (Wildman–Crippen MR) is 79.7 cm³/mol. The summed E-state index contributed by atoms with van der Waals surface area (Å²) in [6.07, 6.45) is 1.56. The standard InChI is InChI=1S/C17H12N2O2/c18-13-6-5-9-8-19-14(20)7-12-10-3-1-2-4-11(10)17(21)16(13)15(9)12/h1-7H,8,18H2,(H,19,20). The molecule has 4 nitrogen and oxygen atoms in total. The van der Waals surface area contributed by atoms with Gasteiger partial charge in [0.15, 0.2) is 5.78 Å². The van der Waals surface area contributed by atoms with E-state index >= 15 is 0 Å². The van der Waals surface area contributed by atoms with Gasteiger partial charge >= 0.3 is 0 Å². The summed E-state index contributed by atoms with van der Waals surface area (Å²) in [4.78, 5) is 24.7. The first-order valence-electron chi connectivity index (χ1n) is 6.72. The van der Waals surface area contributed by atoms with Crippen molar-refractivity contribution in [3.63, 3.8) is 0 Å². The van der Waals surface area contributed by atoms with Crippen molar-refractivity contribution in [2.24, 2.45) is 0 Å². The molecule has 0 fully saturated rings.